The molecule has 4 saturated heterocycles. The zero-order valence-corrected chi connectivity index (χ0v) is 59.1. The first-order valence-electron chi connectivity index (χ1n) is 35.6. The third-order valence-corrected chi connectivity index (χ3v) is 20.8. The Morgan fingerprint density at radius 1 is 0.479 bits per heavy atom. The molecule has 0 aromatic rings. The van der Waals surface area contributed by atoms with Gasteiger partial charge in [-0.1, -0.05) is 99.3 Å². The second-order valence-electron chi connectivity index (χ2n) is 27.8. The van der Waals surface area contributed by atoms with Crippen LogP contribution in [-0.2, 0) is 75.7 Å². The third kappa shape index (κ3) is 30.3. The lowest BCUT2D eigenvalue weighted by molar-refractivity contribution is -0.282. The maximum absolute atomic E-state index is 14.3. The summed E-state index contributed by atoms with van der Waals surface area (Å²) in [7, 11) is -3.96. The predicted octanol–water partition coefficient (Wildman–Crippen LogP) is 4.39. The molecule has 560 valence electrons. The zero-order valence-electron chi connectivity index (χ0n) is 58.2. The van der Waals surface area contributed by atoms with Gasteiger partial charge in [-0.05, 0) is 50.9 Å². The van der Waals surface area contributed by atoms with Crippen LogP contribution in [0.2, 0.25) is 0 Å². The van der Waals surface area contributed by atoms with Crippen LogP contribution >= 0.6 is 7.60 Å². The van der Waals surface area contributed by atoms with Crippen molar-refractivity contribution in [2.45, 2.75) is 281 Å². The van der Waals surface area contributed by atoms with Crippen molar-refractivity contribution in [3.63, 3.8) is 0 Å². The van der Waals surface area contributed by atoms with Crippen LogP contribution in [-0.4, -0.2) is 263 Å². The van der Waals surface area contributed by atoms with E-state index in [1.165, 1.54) is 4.90 Å². The molecule has 7 unspecified atom stereocenters. The fourth-order valence-electron chi connectivity index (χ4n) is 12.5. The molecule has 4 rings (SSSR count). The number of hydrogen-bond donors (Lipinski definition) is 10. The van der Waals surface area contributed by atoms with Crippen LogP contribution in [0.25, 0.3) is 0 Å². The van der Waals surface area contributed by atoms with Gasteiger partial charge in [-0.25, -0.2) is 0 Å². The van der Waals surface area contributed by atoms with Gasteiger partial charge in [0.25, 0.3) is 0 Å². The van der Waals surface area contributed by atoms with Crippen LogP contribution < -0.4 is 0 Å². The molecule has 0 spiro atoms. The van der Waals surface area contributed by atoms with Crippen molar-refractivity contribution >= 4 is 36.6 Å². The summed E-state index contributed by atoms with van der Waals surface area (Å²) in [6, 6.07) is -0.533. The van der Waals surface area contributed by atoms with Gasteiger partial charge in [0.05, 0.1) is 103 Å². The van der Waals surface area contributed by atoms with E-state index in [4.69, 9.17) is 47.2 Å². The van der Waals surface area contributed by atoms with Crippen LogP contribution in [0.1, 0.15) is 196 Å². The summed E-state index contributed by atoms with van der Waals surface area (Å²) in [4.78, 5) is 79.9. The molecule has 0 aliphatic carbocycles. The molecule has 0 bridgehead atoms. The van der Waals surface area contributed by atoms with Crippen molar-refractivity contribution in [1.82, 2.24) is 4.90 Å². The minimum Gasteiger partial charge on any atom is -0.394 e. The quantitative estimate of drug-likeness (QED) is 0.0229. The maximum atomic E-state index is 14.3. The van der Waals surface area contributed by atoms with Gasteiger partial charge in [-0.3, -0.25) is 28.5 Å². The molecule has 0 saturated carbocycles. The molecule has 4 aliphatic heterocycles. The molecule has 0 radical (unpaired) electrons. The summed E-state index contributed by atoms with van der Waals surface area (Å²) in [6.07, 6.45) is 0.367. The van der Waals surface area contributed by atoms with Gasteiger partial charge in [0.15, 0.2) is 18.9 Å². The number of ether oxygens (including phenoxy) is 9. The lowest BCUT2D eigenvalue weighted by Crippen LogP contribution is -2.55. The first kappa shape index (κ1) is 86.0. The molecule has 10 N–H and O–H groups in total. The molecular formula is C68H122NO26P. The number of unbranched alkanes of at least 4 members (excludes halogenated alkanes) is 12. The Bertz CT molecular complexity index is 2070. The number of aliphatic hydroxyl groups is 9. The van der Waals surface area contributed by atoms with Crippen LogP contribution in [0, 0.1) is 29.1 Å². The number of ketones is 4. The molecular weight excluding hydrogens is 1280 g/mol. The van der Waals surface area contributed by atoms with Gasteiger partial charge in [-0.15, -0.1) is 0 Å². The van der Waals surface area contributed by atoms with Crippen molar-refractivity contribution in [2.24, 2.45) is 29.1 Å². The average Bonchev–Trinajstić information content (AvgIpc) is 0.926. The SMILES string of the molecule is CC1[C@H](OCCCCCCCC(=O)CCOCC(COCCC(=O)CCCCCCCO[C@@H]2OC(CO)[C@H](O)[C@H](O)C2C)(COCCC(=O)CCCCCCCO[C@@H]2OC(CO)[C@H](O)[C@H](O)C2C)CC(=O)CC(=O)N2C[C@H](C)C[C@H]2COP(=O)(O)C(C)C)OC(CO)[C@H](O)[C@@H]1O. The van der Waals surface area contributed by atoms with Crippen LogP contribution in [0.5, 0.6) is 0 Å². The smallest absolute Gasteiger partial charge is 0.330 e. The van der Waals surface area contributed by atoms with Crippen LogP contribution in [0.15, 0.2) is 0 Å². The summed E-state index contributed by atoms with van der Waals surface area (Å²) in [5.41, 5.74) is -1.89. The van der Waals surface area contributed by atoms with Gasteiger partial charge < -0.3 is 103 Å². The molecule has 4 heterocycles. The van der Waals surface area contributed by atoms with Crippen molar-refractivity contribution < 1.29 is 127 Å². The summed E-state index contributed by atoms with van der Waals surface area (Å²) in [5.74, 6) is -2.42. The monoisotopic (exact) mass is 1400 g/mol. The van der Waals surface area contributed by atoms with Gasteiger partial charge >= 0.3 is 7.60 Å². The Labute approximate surface area is 568 Å². The molecule has 18 atom stereocenters. The normalized spacial score (nSPS) is 30.0. The van der Waals surface area contributed by atoms with Crippen molar-refractivity contribution in [2.75, 3.05) is 92.4 Å². The molecule has 0 aromatic carbocycles. The van der Waals surface area contributed by atoms with Crippen LogP contribution in [0.4, 0.5) is 0 Å². The number of hydrogen-bond acceptors (Lipinski definition) is 25. The highest BCUT2D eigenvalue weighted by molar-refractivity contribution is 7.53. The number of likely N-dealkylation sites (tertiary alicyclic amines) is 1. The van der Waals surface area contributed by atoms with E-state index in [0.717, 1.165) is 57.8 Å². The topological polar surface area (TPSA) is 400 Å². The van der Waals surface area contributed by atoms with Crippen molar-refractivity contribution in [1.29, 1.82) is 0 Å². The first-order valence-corrected chi connectivity index (χ1v) is 37.2. The van der Waals surface area contributed by atoms with Gasteiger partial charge in [0.2, 0.25) is 5.91 Å². The Hall–Kier alpha value is -2.42. The molecule has 1 amide bonds. The van der Waals surface area contributed by atoms with Gasteiger partial charge in [0, 0.05) is 94.5 Å². The van der Waals surface area contributed by atoms with E-state index >= 15 is 0 Å². The van der Waals surface area contributed by atoms with Crippen molar-refractivity contribution in [3.05, 3.63) is 0 Å². The lowest BCUT2D eigenvalue weighted by Gasteiger charge is -2.40. The third-order valence-electron chi connectivity index (χ3n) is 19.0. The average molecular weight is 1400 g/mol. The van der Waals surface area contributed by atoms with E-state index in [1.807, 2.05) is 6.92 Å². The highest BCUT2D eigenvalue weighted by Gasteiger charge is 2.46. The van der Waals surface area contributed by atoms with Gasteiger partial charge in [0.1, 0.15) is 59.8 Å². The zero-order chi connectivity index (χ0) is 70.8. The van der Waals surface area contributed by atoms with E-state index in [-0.39, 0.29) is 95.2 Å². The predicted molar refractivity (Wildman–Crippen MR) is 350 cm³/mol. The number of rotatable bonds is 53. The molecule has 4 aliphatic rings. The van der Waals surface area contributed by atoms with Crippen LogP contribution in [0.3, 0.4) is 0 Å². The number of Topliss-reactive ketones (excluding diaryl/α,β-unsaturated/α-hetero) is 4. The van der Waals surface area contributed by atoms with Crippen molar-refractivity contribution in [3.8, 4) is 0 Å². The minimum atomic E-state index is -3.96. The Kier molecular flexibility index (Phi) is 41.4. The summed E-state index contributed by atoms with van der Waals surface area (Å²) < 4.78 is 71.3. The number of aliphatic hydroxyl groups excluding tert-OH is 9. The van der Waals surface area contributed by atoms with E-state index in [9.17, 15) is 79.4 Å². The molecule has 0 aromatic heterocycles. The largest absolute Gasteiger partial charge is 0.394 e. The number of carbonyl (C=O) groups excluding carboxylic acids is 5. The first-order chi connectivity index (χ1) is 45.8. The summed E-state index contributed by atoms with van der Waals surface area (Å²) in [6.45, 7) is 9.70. The van der Waals surface area contributed by atoms with E-state index in [0.29, 0.717) is 90.6 Å². The number of nitrogens with zero attached hydrogens (tertiary/aromatic N) is 1. The Balaban J connectivity index is 1.33. The second kappa shape index (κ2) is 46.2. The van der Waals surface area contributed by atoms with E-state index < -0.39 is 154 Å². The number of amides is 1. The summed E-state index contributed by atoms with van der Waals surface area (Å²) >= 11 is 0. The fraction of sp³-hybridized carbons (Fsp3) is 0.926. The highest BCUT2D eigenvalue weighted by atomic mass is 31.2. The second-order valence-corrected chi connectivity index (χ2v) is 30.2. The molecule has 27 nitrogen and oxygen atoms in total. The Morgan fingerprint density at radius 2 is 0.812 bits per heavy atom. The number of carbonyl (C=O) groups is 5. The molecule has 4 fully saturated rings. The highest BCUT2D eigenvalue weighted by Crippen LogP contribution is 2.48. The minimum absolute atomic E-state index is 0.00762. The lowest BCUT2D eigenvalue weighted by atomic mass is 9.84. The fourth-order valence-corrected chi connectivity index (χ4v) is 13.2. The molecule has 96 heavy (non-hydrogen) atoms. The van der Waals surface area contributed by atoms with E-state index in [2.05, 4.69) is 0 Å². The van der Waals surface area contributed by atoms with Gasteiger partial charge in [-0.2, -0.15) is 0 Å². The maximum Gasteiger partial charge on any atom is 0.330 e. The summed E-state index contributed by atoms with van der Waals surface area (Å²) in [5, 5.41) is 90.0. The standard InChI is InChI=1S/C68H122NO26P/c1-45(2)96(84,85)92-41-50-34-46(3)37-69(50)58(77)35-54(76)36-68(42-86-31-25-51(73)22-16-10-7-13-19-28-89-65-47(4)59(78)62(81)55(38-70)93-65,43-87-32-26-52(74)23-17-11-8-14-20-29-90-66-48(5)60(79)63(82)56(39-71)94-66)44-88-33-27-53(75)24-18-12-9-15-21-30-91-67-49(6)61(80)64(83)57(40-72)95-67/h45-50,55-57,59-67,70-72,78-83H,7-44H2,1-6H3,(H,84,85)/t46-,47?,48?,49?,50+,55?,56?,57?,59-,60-,61-,62+,63+,64+,65-,66-,67-,68?/m1/s1. The van der Waals surface area contributed by atoms with E-state index in [1.54, 1.807) is 34.6 Å². The molecule has 28 heteroatoms. The Morgan fingerprint density at radius 3 is 1.15 bits per heavy atom.